The number of rotatable bonds is 5. The lowest BCUT2D eigenvalue weighted by Gasteiger charge is -2.13. The molecule has 2 aromatic carbocycles. The maximum atomic E-state index is 14.4. The van der Waals surface area contributed by atoms with Crippen LogP contribution >= 0.6 is 0 Å². The van der Waals surface area contributed by atoms with Gasteiger partial charge in [-0.25, -0.2) is 22.4 Å². The van der Waals surface area contributed by atoms with Gasteiger partial charge in [0, 0.05) is 12.7 Å². The molecule has 0 atom stereocenters. The second-order valence-electron chi connectivity index (χ2n) is 6.50. The van der Waals surface area contributed by atoms with Crippen LogP contribution in [0.1, 0.15) is 44.9 Å². The monoisotopic (exact) mass is 451 g/mol. The minimum Gasteiger partial charge on any atom is -0.477 e. The molecule has 0 fully saturated rings. The molecule has 0 aliphatic heterocycles. The second-order valence-corrected chi connectivity index (χ2v) is 6.50. The van der Waals surface area contributed by atoms with Crippen LogP contribution in [0.25, 0.3) is 10.9 Å². The van der Waals surface area contributed by atoms with Gasteiger partial charge in [-0.15, -0.1) is 0 Å². The number of aromatic nitrogens is 1. The summed E-state index contributed by atoms with van der Waals surface area (Å²) >= 11 is 0. The fourth-order valence-electron chi connectivity index (χ4n) is 2.97. The van der Waals surface area contributed by atoms with Gasteiger partial charge in [-0.3, -0.25) is 14.4 Å². The summed E-state index contributed by atoms with van der Waals surface area (Å²) in [7, 11) is 0. The van der Waals surface area contributed by atoms with E-state index in [1.165, 1.54) is 22.8 Å². The number of carbonyl (C=O) groups excluding carboxylic acids is 2. The highest BCUT2D eigenvalue weighted by Crippen LogP contribution is 2.23. The van der Waals surface area contributed by atoms with Crippen molar-refractivity contribution in [2.24, 2.45) is 0 Å². The Bertz CT molecular complexity index is 1280. The van der Waals surface area contributed by atoms with E-state index in [0.717, 1.165) is 19.2 Å². The molecule has 0 unspecified atom stereocenters. The summed E-state index contributed by atoms with van der Waals surface area (Å²) in [6, 6.07) is 6.03. The van der Waals surface area contributed by atoms with E-state index in [9.17, 15) is 36.7 Å². The van der Waals surface area contributed by atoms with Gasteiger partial charge in [0.25, 0.3) is 0 Å². The number of alkyl halides is 1. The smallest absolute Gasteiger partial charge is 0.341 e. The van der Waals surface area contributed by atoms with Gasteiger partial charge in [-0.1, -0.05) is 12.1 Å². The molecule has 168 valence electrons. The van der Waals surface area contributed by atoms with Crippen LogP contribution in [0.3, 0.4) is 0 Å². The molecule has 0 amide bonds. The third-order valence-corrected chi connectivity index (χ3v) is 4.47. The van der Waals surface area contributed by atoms with Gasteiger partial charge < -0.3 is 9.67 Å². The van der Waals surface area contributed by atoms with Crippen molar-refractivity contribution in [2.75, 3.05) is 6.67 Å². The van der Waals surface area contributed by atoms with Crippen molar-refractivity contribution in [1.82, 2.24) is 4.57 Å². The number of hydrogen-bond acceptors (Lipinski definition) is 4. The number of nitrogens with zero attached hydrogens (tertiary/aromatic N) is 1. The van der Waals surface area contributed by atoms with Crippen LogP contribution in [0, 0.1) is 17.5 Å². The van der Waals surface area contributed by atoms with E-state index in [0.29, 0.717) is 6.07 Å². The first-order chi connectivity index (χ1) is 15.0. The molecular formula is C22H17F4NO5. The van der Waals surface area contributed by atoms with Crippen molar-refractivity contribution < 1.29 is 37.1 Å². The van der Waals surface area contributed by atoms with Crippen LogP contribution in [-0.4, -0.2) is 33.9 Å². The summed E-state index contributed by atoms with van der Waals surface area (Å²) in [6.45, 7) is 1.61. The zero-order valence-electron chi connectivity index (χ0n) is 16.9. The van der Waals surface area contributed by atoms with Gasteiger partial charge in [0.2, 0.25) is 5.43 Å². The third-order valence-electron chi connectivity index (χ3n) is 4.47. The van der Waals surface area contributed by atoms with Crippen molar-refractivity contribution in [1.29, 1.82) is 0 Å². The van der Waals surface area contributed by atoms with Crippen LogP contribution in [0.4, 0.5) is 17.6 Å². The van der Waals surface area contributed by atoms with Crippen molar-refractivity contribution in [3.63, 3.8) is 0 Å². The largest absolute Gasteiger partial charge is 0.477 e. The Morgan fingerprint density at radius 1 is 1.03 bits per heavy atom. The fraction of sp³-hybridized carbons (Fsp3) is 0.182. The fourth-order valence-corrected chi connectivity index (χ4v) is 2.97. The standard InChI is InChI=1S/C14H11F2NO4.C8H6F2O/c1-3-17-5-8(14(20)21)13(19)7-4-9(15)10(6(2)18)11(16)12(7)17;9-5-8(11)6-3-1-2-4-7(6)10/h4-5H,3H2,1-2H3,(H,20,21);1-4H,5H2. The number of hydrogen-bond donors (Lipinski definition) is 1. The number of fused-ring (bicyclic) bond motifs is 1. The second kappa shape index (κ2) is 9.99. The van der Waals surface area contributed by atoms with E-state index in [2.05, 4.69) is 0 Å². The Morgan fingerprint density at radius 3 is 2.16 bits per heavy atom. The first-order valence-corrected chi connectivity index (χ1v) is 9.18. The van der Waals surface area contributed by atoms with Crippen molar-refractivity contribution >= 4 is 28.4 Å². The quantitative estimate of drug-likeness (QED) is 0.464. The summed E-state index contributed by atoms with van der Waals surface area (Å²) in [4.78, 5) is 45.0. The lowest BCUT2D eigenvalue weighted by atomic mass is 10.0. The van der Waals surface area contributed by atoms with E-state index >= 15 is 0 Å². The van der Waals surface area contributed by atoms with Crippen LogP contribution in [0.15, 0.2) is 41.3 Å². The number of carboxylic acid groups (broad SMARTS) is 1. The van der Waals surface area contributed by atoms with E-state index in [4.69, 9.17) is 5.11 Å². The van der Waals surface area contributed by atoms with Gasteiger partial charge >= 0.3 is 5.97 Å². The highest BCUT2D eigenvalue weighted by Gasteiger charge is 2.23. The number of carboxylic acids is 1. The normalized spacial score (nSPS) is 10.4. The Balaban J connectivity index is 0.000000278. The van der Waals surface area contributed by atoms with E-state index in [-0.39, 0.29) is 17.6 Å². The molecular weight excluding hydrogens is 434 g/mol. The molecule has 32 heavy (non-hydrogen) atoms. The average Bonchev–Trinajstić information content (AvgIpc) is 2.74. The summed E-state index contributed by atoms with van der Waals surface area (Å²) in [5, 5.41) is 8.57. The molecule has 3 rings (SSSR count). The maximum absolute atomic E-state index is 14.4. The summed E-state index contributed by atoms with van der Waals surface area (Å²) in [5.74, 6) is -6.13. The topological polar surface area (TPSA) is 93.4 Å². The first kappa shape index (κ1) is 24.4. The number of halogens is 4. The van der Waals surface area contributed by atoms with Gasteiger partial charge in [0.1, 0.15) is 17.2 Å². The number of pyridine rings is 1. The minimum absolute atomic E-state index is 0.150. The molecule has 0 aliphatic rings. The Kier molecular flexibility index (Phi) is 7.63. The van der Waals surface area contributed by atoms with Crippen molar-refractivity contribution in [3.8, 4) is 0 Å². The molecule has 1 heterocycles. The van der Waals surface area contributed by atoms with E-state index in [1.54, 1.807) is 6.92 Å². The van der Waals surface area contributed by atoms with Crippen LogP contribution in [0.5, 0.6) is 0 Å². The zero-order chi connectivity index (χ0) is 24.2. The molecule has 1 N–H and O–H groups in total. The van der Waals surface area contributed by atoms with Gasteiger partial charge in [-0.2, -0.15) is 0 Å². The molecule has 0 radical (unpaired) electrons. The van der Waals surface area contributed by atoms with Gasteiger partial charge in [0.15, 0.2) is 24.1 Å². The van der Waals surface area contributed by atoms with E-state index in [1.807, 2.05) is 0 Å². The highest BCUT2D eigenvalue weighted by molar-refractivity contribution is 6.00. The number of Topliss-reactive ketones (excluding diaryl/α,β-unsaturated/α-hetero) is 2. The van der Waals surface area contributed by atoms with Crippen LogP contribution in [-0.2, 0) is 6.54 Å². The molecule has 6 nitrogen and oxygen atoms in total. The average molecular weight is 451 g/mol. The number of ketones is 2. The molecule has 0 aliphatic carbocycles. The molecule has 0 bridgehead atoms. The third kappa shape index (κ3) is 4.74. The Hall–Kier alpha value is -3.82. The zero-order valence-corrected chi connectivity index (χ0v) is 16.9. The molecule has 0 saturated carbocycles. The lowest BCUT2D eigenvalue weighted by Crippen LogP contribution is -2.20. The number of carbonyl (C=O) groups is 3. The van der Waals surface area contributed by atoms with Gasteiger partial charge in [-0.05, 0) is 32.0 Å². The molecule has 0 saturated heterocycles. The first-order valence-electron chi connectivity index (χ1n) is 9.18. The predicted molar refractivity (Wildman–Crippen MR) is 107 cm³/mol. The Labute approximate surface area is 178 Å². The summed E-state index contributed by atoms with van der Waals surface area (Å²) in [6.07, 6.45) is 0.984. The van der Waals surface area contributed by atoms with Crippen LogP contribution in [0.2, 0.25) is 0 Å². The molecule has 1 aromatic heterocycles. The number of aryl methyl sites for hydroxylation is 1. The molecule has 3 aromatic rings. The summed E-state index contributed by atoms with van der Waals surface area (Å²) < 4.78 is 53.7. The minimum atomic E-state index is -1.49. The van der Waals surface area contributed by atoms with Gasteiger partial charge in [0.05, 0.1) is 22.0 Å². The predicted octanol–water partition coefficient (Wildman–Crippen LogP) is 4.18. The number of benzene rings is 2. The molecule has 0 spiro atoms. The van der Waals surface area contributed by atoms with E-state index < -0.39 is 63.6 Å². The van der Waals surface area contributed by atoms with Crippen molar-refractivity contribution in [2.45, 2.75) is 20.4 Å². The summed E-state index contributed by atoms with van der Waals surface area (Å²) in [5.41, 5.74) is -2.78. The SMILES string of the molecule is CCn1cc(C(=O)O)c(=O)c2cc(F)c(C(C)=O)c(F)c21.O=C(CF)c1ccccc1F. The van der Waals surface area contributed by atoms with Crippen molar-refractivity contribution in [3.05, 3.63) is 80.9 Å². The number of aromatic carboxylic acids is 1. The van der Waals surface area contributed by atoms with Crippen LogP contribution < -0.4 is 5.43 Å². The Morgan fingerprint density at radius 2 is 1.66 bits per heavy atom. The molecule has 10 heteroatoms. The lowest BCUT2D eigenvalue weighted by molar-refractivity contribution is 0.0694. The maximum Gasteiger partial charge on any atom is 0.341 e. The highest BCUT2D eigenvalue weighted by atomic mass is 19.1.